The zero-order chi connectivity index (χ0) is 21.4. The van der Waals surface area contributed by atoms with E-state index in [1.54, 1.807) is 36.4 Å². The van der Waals surface area contributed by atoms with Crippen LogP contribution in [0.4, 0.5) is 13.2 Å². The summed E-state index contributed by atoms with van der Waals surface area (Å²) in [5.74, 6) is -0.751. The van der Waals surface area contributed by atoms with Crippen LogP contribution in [0.3, 0.4) is 0 Å². The van der Waals surface area contributed by atoms with Crippen LogP contribution in [0.1, 0.15) is 23.1 Å². The molecule has 3 rings (SSSR count). The number of carbonyl (C=O) groups excluding carboxylic acids is 1. The summed E-state index contributed by atoms with van der Waals surface area (Å²) in [6.07, 6.45) is -5.96. The smallest absolute Gasteiger partial charge is 0.438 e. The minimum Gasteiger partial charge on any atom is -0.484 e. The van der Waals surface area contributed by atoms with Gasteiger partial charge in [0.1, 0.15) is 5.75 Å². The van der Waals surface area contributed by atoms with Crippen molar-refractivity contribution >= 4 is 27.5 Å². The molecule has 0 saturated carbocycles. The molecule has 0 fully saturated rings. The molecule has 0 saturated heterocycles. The van der Waals surface area contributed by atoms with Gasteiger partial charge in [-0.15, -0.1) is 0 Å². The van der Waals surface area contributed by atoms with Crippen LogP contribution in [0.2, 0.25) is 0 Å². The largest absolute Gasteiger partial charge is 0.484 e. The van der Waals surface area contributed by atoms with Crippen LogP contribution in [0.15, 0.2) is 52.0 Å². The Bertz CT molecular complexity index is 940. The number of alkyl halides is 3. The number of aliphatic hydroxyl groups is 1. The summed E-state index contributed by atoms with van der Waals surface area (Å²) in [6, 6.07) is 11.6. The second kappa shape index (κ2) is 7.79. The lowest BCUT2D eigenvalue weighted by Gasteiger charge is -2.32. The molecule has 0 aliphatic carbocycles. The van der Waals surface area contributed by atoms with E-state index in [1.165, 1.54) is 0 Å². The first-order valence-corrected chi connectivity index (χ1v) is 9.45. The summed E-state index contributed by atoms with van der Waals surface area (Å²) in [5.41, 5.74) is -1.33. The third kappa shape index (κ3) is 4.45. The molecule has 1 aliphatic heterocycles. The van der Waals surface area contributed by atoms with Crippen molar-refractivity contribution in [2.24, 2.45) is 5.10 Å². The standard InChI is InChI=1S/C20H18BrF3N2O3/c1-12-7-13(2)9-16(8-12)29-11-18(27)26-19(28,20(22,23)24)10-17(25-26)14-3-5-15(21)6-4-14/h3-9,28H,10-11H2,1-2H3/t19-/m0/s1. The molecule has 0 spiro atoms. The molecule has 2 aromatic rings. The average Bonchev–Trinajstić information content (AvgIpc) is 2.98. The molecule has 2 aromatic carbocycles. The van der Waals surface area contributed by atoms with Gasteiger partial charge in [-0.2, -0.15) is 23.3 Å². The number of amides is 1. The highest BCUT2D eigenvalue weighted by molar-refractivity contribution is 9.10. The Morgan fingerprint density at radius 3 is 2.34 bits per heavy atom. The fraction of sp³-hybridized carbons (Fsp3) is 0.300. The topological polar surface area (TPSA) is 62.1 Å². The molecule has 0 aromatic heterocycles. The van der Waals surface area contributed by atoms with Crippen LogP contribution >= 0.6 is 15.9 Å². The third-order valence-electron chi connectivity index (χ3n) is 4.41. The average molecular weight is 471 g/mol. The molecule has 5 nitrogen and oxygen atoms in total. The van der Waals surface area contributed by atoms with Gasteiger partial charge in [0.05, 0.1) is 12.1 Å². The molecule has 29 heavy (non-hydrogen) atoms. The van der Waals surface area contributed by atoms with Crippen LogP contribution in [-0.4, -0.2) is 40.2 Å². The Labute approximate surface area is 173 Å². The number of aryl methyl sites for hydroxylation is 2. The Morgan fingerprint density at radius 1 is 1.21 bits per heavy atom. The second-order valence-electron chi connectivity index (χ2n) is 6.86. The van der Waals surface area contributed by atoms with Gasteiger partial charge in [0.25, 0.3) is 11.6 Å². The van der Waals surface area contributed by atoms with E-state index in [0.717, 1.165) is 15.6 Å². The number of benzene rings is 2. The molecular formula is C20H18BrF3N2O3. The van der Waals surface area contributed by atoms with Crippen molar-refractivity contribution in [2.75, 3.05) is 6.61 Å². The van der Waals surface area contributed by atoms with E-state index in [4.69, 9.17) is 4.74 Å². The molecule has 154 valence electrons. The maximum Gasteiger partial charge on any atom is 0.438 e. The van der Waals surface area contributed by atoms with Crippen molar-refractivity contribution in [3.8, 4) is 5.75 Å². The second-order valence-corrected chi connectivity index (χ2v) is 7.78. The van der Waals surface area contributed by atoms with Gasteiger partial charge in [0.2, 0.25) is 0 Å². The lowest BCUT2D eigenvalue weighted by molar-refractivity contribution is -0.302. The Hall–Kier alpha value is -2.39. The zero-order valence-electron chi connectivity index (χ0n) is 15.6. The highest BCUT2D eigenvalue weighted by atomic mass is 79.9. The summed E-state index contributed by atoms with van der Waals surface area (Å²) in [6.45, 7) is 2.97. The zero-order valence-corrected chi connectivity index (χ0v) is 17.2. The van der Waals surface area contributed by atoms with E-state index >= 15 is 0 Å². The predicted octanol–water partition coefficient (Wildman–Crippen LogP) is 4.33. The summed E-state index contributed by atoms with van der Waals surface area (Å²) < 4.78 is 46.9. The van der Waals surface area contributed by atoms with E-state index in [9.17, 15) is 23.1 Å². The van der Waals surface area contributed by atoms with Gasteiger partial charge in [-0.3, -0.25) is 4.79 Å². The van der Waals surface area contributed by atoms with Crippen molar-refractivity contribution < 1.29 is 27.8 Å². The van der Waals surface area contributed by atoms with E-state index in [0.29, 0.717) is 11.3 Å². The van der Waals surface area contributed by atoms with Crippen molar-refractivity contribution in [3.05, 3.63) is 63.6 Å². The third-order valence-corrected chi connectivity index (χ3v) is 4.94. The van der Waals surface area contributed by atoms with E-state index in [1.807, 2.05) is 19.9 Å². The molecule has 9 heteroatoms. The lowest BCUT2D eigenvalue weighted by Crippen LogP contribution is -2.57. The molecule has 1 heterocycles. The van der Waals surface area contributed by atoms with Crippen LogP contribution in [-0.2, 0) is 4.79 Å². The van der Waals surface area contributed by atoms with Gasteiger partial charge in [-0.1, -0.05) is 34.1 Å². The first kappa shape index (κ1) is 21.3. The lowest BCUT2D eigenvalue weighted by atomic mass is 10.0. The highest BCUT2D eigenvalue weighted by Gasteiger charge is 2.63. The monoisotopic (exact) mass is 470 g/mol. The predicted molar refractivity (Wildman–Crippen MR) is 105 cm³/mol. The number of halogens is 4. The molecule has 1 aliphatic rings. The van der Waals surface area contributed by atoms with Crippen LogP contribution in [0.25, 0.3) is 0 Å². The fourth-order valence-corrected chi connectivity index (χ4v) is 3.32. The first-order chi connectivity index (χ1) is 13.5. The van der Waals surface area contributed by atoms with Gasteiger partial charge in [0.15, 0.2) is 6.61 Å². The summed E-state index contributed by atoms with van der Waals surface area (Å²) in [7, 11) is 0. The fourth-order valence-electron chi connectivity index (χ4n) is 3.05. The summed E-state index contributed by atoms with van der Waals surface area (Å²) in [4.78, 5) is 12.5. The quantitative estimate of drug-likeness (QED) is 0.723. The number of nitrogens with zero attached hydrogens (tertiary/aromatic N) is 2. The number of hydrazone groups is 1. The van der Waals surface area contributed by atoms with Crippen molar-refractivity contribution in [3.63, 3.8) is 0 Å². The number of hydrogen-bond acceptors (Lipinski definition) is 4. The molecule has 1 amide bonds. The minimum absolute atomic E-state index is 0.0444. The van der Waals surface area contributed by atoms with Gasteiger partial charge >= 0.3 is 6.18 Å². The summed E-state index contributed by atoms with van der Waals surface area (Å²) >= 11 is 3.25. The molecule has 0 bridgehead atoms. The van der Waals surface area contributed by atoms with Crippen LogP contribution < -0.4 is 4.74 Å². The van der Waals surface area contributed by atoms with Crippen LogP contribution in [0, 0.1) is 13.8 Å². The maximum absolute atomic E-state index is 13.6. The Balaban J connectivity index is 1.85. The van der Waals surface area contributed by atoms with E-state index < -0.39 is 30.8 Å². The van der Waals surface area contributed by atoms with Crippen molar-refractivity contribution in [1.82, 2.24) is 5.01 Å². The molecular weight excluding hydrogens is 453 g/mol. The Morgan fingerprint density at radius 2 is 1.79 bits per heavy atom. The van der Waals surface area contributed by atoms with E-state index in [2.05, 4.69) is 21.0 Å². The van der Waals surface area contributed by atoms with Gasteiger partial charge < -0.3 is 9.84 Å². The maximum atomic E-state index is 13.6. The SMILES string of the molecule is Cc1cc(C)cc(OCC(=O)N2N=C(c3ccc(Br)cc3)C[C@]2(O)C(F)(F)F)c1. The molecule has 1 N–H and O–H groups in total. The van der Waals surface area contributed by atoms with Gasteiger partial charge in [-0.05, 0) is 54.8 Å². The molecule has 0 unspecified atom stereocenters. The van der Waals surface area contributed by atoms with E-state index in [-0.39, 0.29) is 10.7 Å². The molecule has 1 atom stereocenters. The highest BCUT2D eigenvalue weighted by Crippen LogP contribution is 2.41. The molecule has 0 radical (unpaired) electrons. The van der Waals surface area contributed by atoms with Gasteiger partial charge in [0, 0.05) is 4.47 Å². The summed E-state index contributed by atoms with van der Waals surface area (Å²) in [5, 5.41) is 14.2. The van der Waals surface area contributed by atoms with Gasteiger partial charge in [-0.25, -0.2) is 0 Å². The van der Waals surface area contributed by atoms with Crippen LogP contribution in [0.5, 0.6) is 5.75 Å². The van der Waals surface area contributed by atoms with Crippen molar-refractivity contribution in [1.29, 1.82) is 0 Å². The number of hydrogen-bond donors (Lipinski definition) is 1. The normalized spacial score (nSPS) is 19.3. The minimum atomic E-state index is -5.09. The van der Waals surface area contributed by atoms with Crippen molar-refractivity contribution in [2.45, 2.75) is 32.2 Å². The number of carbonyl (C=O) groups is 1. The Kier molecular flexibility index (Phi) is 5.73. The number of rotatable bonds is 4. The number of ether oxygens (including phenoxy) is 1. The first-order valence-electron chi connectivity index (χ1n) is 8.66.